The predicted octanol–water partition coefficient (Wildman–Crippen LogP) is 2.33. The number of rotatable bonds is 7. The van der Waals surface area contributed by atoms with Crippen molar-refractivity contribution in [3.05, 3.63) is 40.4 Å². The van der Waals surface area contributed by atoms with Gasteiger partial charge in [0.2, 0.25) is 0 Å². The van der Waals surface area contributed by atoms with Gasteiger partial charge in [0.05, 0.1) is 0 Å². The van der Waals surface area contributed by atoms with E-state index in [4.69, 9.17) is 10.5 Å². The Morgan fingerprint density at radius 2 is 2.30 bits per heavy atom. The van der Waals surface area contributed by atoms with Crippen LogP contribution in [-0.4, -0.2) is 25.1 Å². The molecule has 4 nitrogen and oxygen atoms in total. The van der Waals surface area contributed by atoms with Gasteiger partial charge in [0.1, 0.15) is 5.75 Å². The molecule has 0 saturated heterocycles. The van der Waals surface area contributed by atoms with Crippen LogP contribution in [0.25, 0.3) is 0 Å². The summed E-state index contributed by atoms with van der Waals surface area (Å²) >= 11 is 3.46. The Balaban J connectivity index is 2.81. The Morgan fingerprint density at radius 1 is 1.60 bits per heavy atom. The largest absolute Gasteiger partial charge is 0.483 e. The summed E-state index contributed by atoms with van der Waals surface area (Å²) < 4.78 is 6.64. The standard InChI is InChI=1S/C15H21BrN2O2/c1-4-5-18-14(19)9-20-15-10(2)6-13(16)8-12(15)7-11(3)17/h4,6,8,11H,1,5,7,9,17H2,2-3H3,(H,18,19). The van der Waals surface area contributed by atoms with E-state index in [2.05, 4.69) is 27.8 Å². The molecule has 110 valence electrons. The third-order valence-corrected chi connectivity index (χ3v) is 3.11. The van der Waals surface area contributed by atoms with Crippen LogP contribution in [0.3, 0.4) is 0 Å². The molecule has 0 bridgehead atoms. The second-order valence-corrected chi connectivity index (χ2v) is 5.69. The molecule has 1 amide bonds. The number of amides is 1. The average molecular weight is 341 g/mol. The molecule has 5 heteroatoms. The highest BCUT2D eigenvalue weighted by Crippen LogP contribution is 2.29. The van der Waals surface area contributed by atoms with E-state index >= 15 is 0 Å². The normalized spacial score (nSPS) is 11.8. The van der Waals surface area contributed by atoms with Gasteiger partial charge in [0, 0.05) is 17.1 Å². The first-order chi connectivity index (χ1) is 9.43. The third kappa shape index (κ3) is 5.35. The van der Waals surface area contributed by atoms with Crippen LogP contribution in [0.1, 0.15) is 18.1 Å². The van der Waals surface area contributed by atoms with Crippen molar-refractivity contribution in [3.8, 4) is 5.75 Å². The molecule has 0 aliphatic heterocycles. The zero-order valence-electron chi connectivity index (χ0n) is 11.9. The molecule has 1 atom stereocenters. The molecule has 20 heavy (non-hydrogen) atoms. The van der Waals surface area contributed by atoms with E-state index < -0.39 is 0 Å². The van der Waals surface area contributed by atoms with Crippen molar-refractivity contribution >= 4 is 21.8 Å². The van der Waals surface area contributed by atoms with Crippen LogP contribution in [0, 0.1) is 6.92 Å². The number of hydrogen-bond acceptors (Lipinski definition) is 3. The highest BCUT2D eigenvalue weighted by Gasteiger charge is 2.12. The molecule has 1 aromatic carbocycles. The number of carbonyl (C=O) groups excluding carboxylic acids is 1. The van der Waals surface area contributed by atoms with E-state index in [1.165, 1.54) is 0 Å². The Bertz CT molecular complexity index is 487. The van der Waals surface area contributed by atoms with Gasteiger partial charge in [0.15, 0.2) is 6.61 Å². The summed E-state index contributed by atoms with van der Waals surface area (Å²) in [6.45, 7) is 7.87. The monoisotopic (exact) mass is 340 g/mol. The van der Waals surface area contributed by atoms with Crippen molar-refractivity contribution in [1.82, 2.24) is 5.32 Å². The lowest BCUT2D eigenvalue weighted by atomic mass is 10.0. The van der Waals surface area contributed by atoms with Crippen molar-refractivity contribution in [2.24, 2.45) is 5.73 Å². The number of ether oxygens (including phenoxy) is 1. The van der Waals surface area contributed by atoms with Crippen LogP contribution in [0.2, 0.25) is 0 Å². The van der Waals surface area contributed by atoms with Gasteiger partial charge >= 0.3 is 0 Å². The van der Waals surface area contributed by atoms with E-state index in [9.17, 15) is 4.79 Å². The summed E-state index contributed by atoms with van der Waals surface area (Å²) in [6, 6.07) is 3.97. The first-order valence-electron chi connectivity index (χ1n) is 6.49. The molecule has 1 unspecified atom stereocenters. The molecular formula is C15H21BrN2O2. The maximum atomic E-state index is 11.6. The summed E-state index contributed by atoms with van der Waals surface area (Å²) in [6.07, 6.45) is 2.33. The van der Waals surface area contributed by atoms with Gasteiger partial charge in [-0.3, -0.25) is 4.79 Å². The summed E-state index contributed by atoms with van der Waals surface area (Å²) in [5.74, 6) is 0.568. The average Bonchev–Trinajstić information content (AvgIpc) is 2.34. The molecule has 0 saturated carbocycles. The van der Waals surface area contributed by atoms with Gasteiger partial charge in [0.25, 0.3) is 5.91 Å². The minimum Gasteiger partial charge on any atom is -0.483 e. The van der Waals surface area contributed by atoms with Crippen molar-refractivity contribution in [2.75, 3.05) is 13.2 Å². The van der Waals surface area contributed by atoms with Crippen molar-refractivity contribution in [1.29, 1.82) is 0 Å². The molecule has 0 heterocycles. The van der Waals surface area contributed by atoms with Crippen LogP contribution in [0.5, 0.6) is 5.75 Å². The van der Waals surface area contributed by atoms with E-state index in [1.54, 1.807) is 6.08 Å². The number of hydrogen-bond donors (Lipinski definition) is 2. The number of aryl methyl sites for hydroxylation is 1. The second-order valence-electron chi connectivity index (χ2n) is 4.77. The predicted molar refractivity (Wildman–Crippen MR) is 84.9 cm³/mol. The molecule has 0 aliphatic rings. The van der Waals surface area contributed by atoms with Gasteiger partial charge in [-0.25, -0.2) is 0 Å². The lowest BCUT2D eigenvalue weighted by Gasteiger charge is -2.16. The first kappa shape index (κ1) is 16.7. The van der Waals surface area contributed by atoms with Crippen molar-refractivity contribution in [3.63, 3.8) is 0 Å². The van der Waals surface area contributed by atoms with E-state index in [0.29, 0.717) is 13.0 Å². The van der Waals surface area contributed by atoms with Gasteiger partial charge < -0.3 is 15.8 Å². The summed E-state index contributed by atoms with van der Waals surface area (Å²) in [4.78, 5) is 11.6. The molecule has 1 aromatic rings. The van der Waals surface area contributed by atoms with E-state index in [0.717, 1.165) is 21.3 Å². The van der Waals surface area contributed by atoms with E-state index in [1.807, 2.05) is 26.0 Å². The molecule has 0 radical (unpaired) electrons. The Kier molecular flexibility index (Phi) is 6.75. The zero-order chi connectivity index (χ0) is 15.1. The van der Waals surface area contributed by atoms with Crippen LogP contribution >= 0.6 is 15.9 Å². The first-order valence-corrected chi connectivity index (χ1v) is 7.28. The number of benzene rings is 1. The summed E-state index contributed by atoms with van der Waals surface area (Å²) in [5, 5.41) is 2.68. The minimum absolute atomic E-state index is 0.0116. The maximum absolute atomic E-state index is 11.6. The van der Waals surface area contributed by atoms with Gasteiger partial charge in [-0.1, -0.05) is 22.0 Å². The van der Waals surface area contributed by atoms with Crippen LogP contribution in [0.15, 0.2) is 29.3 Å². The van der Waals surface area contributed by atoms with Crippen LogP contribution in [-0.2, 0) is 11.2 Å². The number of nitrogens with one attached hydrogen (secondary N) is 1. The number of nitrogens with two attached hydrogens (primary N) is 1. The quantitative estimate of drug-likeness (QED) is 0.748. The molecule has 0 aliphatic carbocycles. The zero-order valence-corrected chi connectivity index (χ0v) is 13.5. The maximum Gasteiger partial charge on any atom is 0.258 e. The molecule has 0 aromatic heterocycles. The Hall–Kier alpha value is -1.33. The lowest BCUT2D eigenvalue weighted by molar-refractivity contribution is -0.122. The fourth-order valence-electron chi connectivity index (χ4n) is 1.88. The van der Waals surface area contributed by atoms with Gasteiger partial charge in [-0.2, -0.15) is 0 Å². The second kappa shape index (κ2) is 8.07. The van der Waals surface area contributed by atoms with Crippen LogP contribution in [0.4, 0.5) is 0 Å². The summed E-state index contributed by atoms with van der Waals surface area (Å²) in [5.41, 5.74) is 7.84. The van der Waals surface area contributed by atoms with E-state index in [-0.39, 0.29) is 18.6 Å². The number of carbonyl (C=O) groups is 1. The lowest BCUT2D eigenvalue weighted by Crippen LogP contribution is -2.29. The van der Waals surface area contributed by atoms with Gasteiger partial charge in [-0.15, -0.1) is 6.58 Å². The SMILES string of the molecule is C=CCNC(=O)COc1c(C)cc(Br)cc1CC(C)N. The topological polar surface area (TPSA) is 64.3 Å². The molecular weight excluding hydrogens is 320 g/mol. The molecule has 3 N–H and O–H groups in total. The minimum atomic E-state index is -0.168. The van der Waals surface area contributed by atoms with Crippen LogP contribution < -0.4 is 15.8 Å². The number of halogens is 1. The van der Waals surface area contributed by atoms with Crippen molar-refractivity contribution < 1.29 is 9.53 Å². The molecule has 0 fully saturated rings. The Morgan fingerprint density at radius 3 is 2.90 bits per heavy atom. The summed E-state index contributed by atoms with van der Waals surface area (Å²) in [7, 11) is 0. The smallest absolute Gasteiger partial charge is 0.258 e. The molecule has 1 rings (SSSR count). The van der Waals surface area contributed by atoms with Gasteiger partial charge in [-0.05, 0) is 43.5 Å². The Labute approximate surface area is 128 Å². The third-order valence-electron chi connectivity index (χ3n) is 2.65. The fraction of sp³-hybridized carbons (Fsp3) is 0.400. The highest BCUT2D eigenvalue weighted by atomic mass is 79.9. The highest BCUT2D eigenvalue weighted by molar-refractivity contribution is 9.10. The molecule has 0 spiro atoms. The fourth-order valence-corrected chi connectivity index (χ4v) is 2.50. The van der Waals surface area contributed by atoms with Crippen molar-refractivity contribution in [2.45, 2.75) is 26.3 Å².